The molecule has 0 bridgehead atoms. The summed E-state index contributed by atoms with van der Waals surface area (Å²) in [7, 11) is 0. The number of benzene rings is 1. The third-order valence-corrected chi connectivity index (χ3v) is 1.79. The maximum absolute atomic E-state index is 9.33. The van der Waals surface area contributed by atoms with Crippen molar-refractivity contribution in [2.75, 3.05) is 5.32 Å². The molecule has 1 rings (SSSR count). The maximum atomic E-state index is 9.33. The van der Waals surface area contributed by atoms with Crippen molar-refractivity contribution >= 4 is 34.6 Å². The Labute approximate surface area is 85.7 Å². The molecule has 1 aromatic carbocycles. The summed E-state index contributed by atoms with van der Waals surface area (Å²) < 4.78 is 0. The first-order valence-corrected chi connectivity index (χ1v) is 4.18. The lowest BCUT2D eigenvalue weighted by molar-refractivity contribution is 0.478. The van der Waals surface area contributed by atoms with Crippen LogP contribution in [0.5, 0.6) is 5.75 Å². The smallest absolute Gasteiger partial charge is 0.185 e. The van der Waals surface area contributed by atoms with Gasteiger partial charge in [-0.25, -0.2) is 5.84 Å². The zero-order valence-electron chi connectivity index (χ0n) is 6.54. The van der Waals surface area contributed by atoms with Crippen molar-refractivity contribution in [3.8, 4) is 5.75 Å². The molecule has 0 heterocycles. The highest BCUT2D eigenvalue weighted by molar-refractivity contribution is 7.80. The Hall–Kier alpha value is -1.04. The maximum Gasteiger partial charge on any atom is 0.185 e. The van der Waals surface area contributed by atoms with Crippen LogP contribution in [0, 0.1) is 0 Å². The first kappa shape index (κ1) is 10.0. The molecule has 0 aliphatic carbocycles. The van der Waals surface area contributed by atoms with Crippen LogP contribution in [0.15, 0.2) is 18.2 Å². The standard InChI is InChI=1S/C7H8ClN3OS/c8-4-1-2-6(12)5(3-4)10-7(13)11-9/h1-3,12H,9H2,(H2,10,11,13). The molecule has 0 saturated heterocycles. The van der Waals surface area contributed by atoms with Crippen LogP contribution in [0.3, 0.4) is 0 Å². The van der Waals surface area contributed by atoms with Crippen molar-refractivity contribution in [1.82, 2.24) is 5.43 Å². The summed E-state index contributed by atoms with van der Waals surface area (Å²) >= 11 is 10.4. The van der Waals surface area contributed by atoms with Crippen molar-refractivity contribution < 1.29 is 5.11 Å². The van der Waals surface area contributed by atoms with Crippen molar-refractivity contribution in [1.29, 1.82) is 0 Å². The quantitative estimate of drug-likeness (QED) is 0.246. The fourth-order valence-corrected chi connectivity index (χ4v) is 1.05. The molecule has 1 aromatic rings. The molecule has 13 heavy (non-hydrogen) atoms. The predicted molar refractivity (Wildman–Crippen MR) is 56.7 cm³/mol. The van der Waals surface area contributed by atoms with E-state index in [1.54, 1.807) is 12.1 Å². The van der Waals surface area contributed by atoms with E-state index in [0.29, 0.717) is 10.7 Å². The van der Waals surface area contributed by atoms with Crippen molar-refractivity contribution in [2.45, 2.75) is 0 Å². The lowest BCUT2D eigenvalue weighted by atomic mass is 10.3. The Balaban J connectivity index is 2.87. The molecule has 0 saturated carbocycles. The number of aromatic hydroxyl groups is 1. The summed E-state index contributed by atoms with van der Waals surface area (Å²) in [6.07, 6.45) is 0. The molecule has 0 spiro atoms. The van der Waals surface area contributed by atoms with Crippen LogP contribution < -0.4 is 16.6 Å². The second-order valence-corrected chi connectivity index (χ2v) is 3.10. The Morgan fingerprint density at radius 1 is 1.54 bits per heavy atom. The molecule has 6 heteroatoms. The number of halogens is 1. The molecule has 5 N–H and O–H groups in total. The first-order valence-electron chi connectivity index (χ1n) is 3.39. The molecule has 0 radical (unpaired) electrons. The lowest BCUT2D eigenvalue weighted by Crippen LogP contribution is -2.34. The van der Waals surface area contributed by atoms with Gasteiger partial charge in [0.25, 0.3) is 0 Å². The SMILES string of the molecule is NNC(=S)Nc1cc(Cl)ccc1O. The van der Waals surface area contributed by atoms with Gasteiger partial charge in [-0.2, -0.15) is 0 Å². The topological polar surface area (TPSA) is 70.3 Å². The van der Waals surface area contributed by atoms with Crippen LogP contribution in [-0.4, -0.2) is 10.2 Å². The molecular formula is C7H8ClN3OS. The second-order valence-electron chi connectivity index (χ2n) is 2.26. The molecule has 0 aliphatic rings. The highest BCUT2D eigenvalue weighted by atomic mass is 35.5. The number of hydrazine groups is 1. The minimum Gasteiger partial charge on any atom is -0.506 e. The molecule has 70 valence electrons. The van der Waals surface area contributed by atoms with Gasteiger partial charge < -0.3 is 15.8 Å². The summed E-state index contributed by atoms with van der Waals surface area (Å²) in [5.41, 5.74) is 2.64. The summed E-state index contributed by atoms with van der Waals surface area (Å²) in [4.78, 5) is 0. The largest absolute Gasteiger partial charge is 0.506 e. The zero-order chi connectivity index (χ0) is 9.84. The second kappa shape index (κ2) is 4.27. The van der Waals surface area contributed by atoms with Gasteiger partial charge in [-0.15, -0.1) is 0 Å². The van der Waals surface area contributed by atoms with Gasteiger partial charge in [-0.05, 0) is 30.4 Å². The fourth-order valence-electron chi connectivity index (χ4n) is 0.767. The average Bonchev–Trinajstić information content (AvgIpc) is 2.11. The Morgan fingerprint density at radius 3 is 2.85 bits per heavy atom. The highest BCUT2D eigenvalue weighted by Gasteiger charge is 2.02. The Morgan fingerprint density at radius 2 is 2.23 bits per heavy atom. The van der Waals surface area contributed by atoms with E-state index in [0.717, 1.165) is 0 Å². The number of nitrogens with two attached hydrogens (primary N) is 1. The molecule has 0 aromatic heterocycles. The van der Waals surface area contributed by atoms with Crippen LogP contribution >= 0.6 is 23.8 Å². The number of phenols is 1. The fraction of sp³-hybridized carbons (Fsp3) is 0. The number of phenolic OH excluding ortho intramolecular Hbond substituents is 1. The molecule has 0 fully saturated rings. The minimum atomic E-state index is 0.0574. The van der Waals surface area contributed by atoms with Gasteiger partial charge in [-0.3, -0.25) is 0 Å². The van der Waals surface area contributed by atoms with E-state index in [4.69, 9.17) is 29.7 Å². The van der Waals surface area contributed by atoms with E-state index in [9.17, 15) is 5.11 Å². The number of rotatable bonds is 1. The minimum absolute atomic E-state index is 0.0574. The van der Waals surface area contributed by atoms with Crippen LogP contribution in [0.4, 0.5) is 5.69 Å². The van der Waals surface area contributed by atoms with Crippen molar-refractivity contribution in [3.05, 3.63) is 23.2 Å². The summed E-state index contributed by atoms with van der Waals surface area (Å²) in [6.45, 7) is 0. The van der Waals surface area contributed by atoms with E-state index in [1.807, 2.05) is 0 Å². The van der Waals surface area contributed by atoms with E-state index < -0.39 is 0 Å². The van der Waals surface area contributed by atoms with Crippen LogP contribution in [0.25, 0.3) is 0 Å². The first-order chi connectivity index (χ1) is 6.13. The van der Waals surface area contributed by atoms with Crippen LogP contribution in [0.2, 0.25) is 5.02 Å². The van der Waals surface area contributed by atoms with Crippen LogP contribution in [-0.2, 0) is 0 Å². The summed E-state index contributed by atoms with van der Waals surface area (Å²) in [5, 5.41) is 12.7. The third kappa shape index (κ3) is 2.73. The van der Waals surface area contributed by atoms with Gasteiger partial charge >= 0.3 is 0 Å². The van der Waals surface area contributed by atoms with Crippen LogP contribution in [0.1, 0.15) is 0 Å². The van der Waals surface area contributed by atoms with Gasteiger partial charge in [0.1, 0.15) is 5.75 Å². The molecule has 0 atom stereocenters. The Bertz CT molecular complexity index is 332. The summed E-state index contributed by atoms with van der Waals surface area (Å²) in [6, 6.07) is 4.57. The van der Waals surface area contributed by atoms with E-state index in [2.05, 4.69) is 10.7 Å². The molecule has 0 aliphatic heterocycles. The van der Waals surface area contributed by atoms with Crippen molar-refractivity contribution in [3.63, 3.8) is 0 Å². The summed E-state index contributed by atoms with van der Waals surface area (Å²) in [5.74, 6) is 5.10. The highest BCUT2D eigenvalue weighted by Crippen LogP contribution is 2.26. The van der Waals surface area contributed by atoms with Gasteiger partial charge in [0.15, 0.2) is 5.11 Å². The number of hydrogen-bond donors (Lipinski definition) is 4. The van der Waals surface area contributed by atoms with E-state index in [-0.39, 0.29) is 10.9 Å². The number of nitrogens with one attached hydrogen (secondary N) is 2. The van der Waals surface area contributed by atoms with Gasteiger partial charge in [0.2, 0.25) is 0 Å². The number of thiocarbonyl (C=S) groups is 1. The zero-order valence-corrected chi connectivity index (χ0v) is 8.12. The van der Waals surface area contributed by atoms with E-state index in [1.165, 1.54) is 6.07 Å². The molecular weight excluding hydrogens is 210 g/mol. The Kier molecular flexibility index (Phi) is 3.30. The van der Waals surface area contributed by atoms with Crippen molar-refractivity contribution in [2.24, 2.45) is 5.84 Å². The monoisotopic (exact) mass is 217 g/mol. The predicted octanol–water partition coefficient (Wildman–Crippen LogP) is 1.21. The number of hydrogen-bond acceptors (Lipinski definition) is 3. The van der Waals surface area contributed by atoms with Gasteiger partial charge in [0.05, 0.1) is 5.69 Å². The molecule has 0 amide bonds. The lowest BCUT2D eigenvalue weighted by Gasteiger charge is -2.08. The van der Waals surface area contributed by atoms with Gasteiger partial charge in [0, 0.05) is 5.02 Å². The van der Waals surface area contributed by atoms with Gasteiger partial charge in [-0.1, -0.05) is 11.6 Å². The molecule has 4 nitrogen and oxygen atoms in total. The van der Waals surface area contributed by atoms with E-state index >= 15 is 0 Å². The third-order valence-electron chi connectivity index (χ3n) is 1.34. The number of anilines is 1. The molecule has 0 unspecified atom stereocenters. The average molecular weight is 218 g/mol. The normalized spacial score (nSPS) is 9.38.